The van der Waals surface area contributed by atoms with Gasteiger partial charge in [0.15, 0.2) is 0 Å². The van der Waals surface area contributed by atoms with E-state index >= 15 is 0 Å². The van der Waals surface area contributed by atoms with E-state index in [2.05, 4.69) is 12.1 Å². The van der Waals surface area contributed by atoms with Crippen LogP contribution >= 0.6 is 0 Å². The van der Waals surface area contributed by atoms with Crippen LogP contribution in [0.1, 0.15) is 32.6 Å². The van der Waals surface area contributed by atoms with Crippen LogP contribution in [0.5, 0.6) is 0 Å². The topological polar surface area (TPSA) is 47.6 Å². The molecule has 54 valence electrons. The van der Waals surface area contributed by atoms with Gasteiger partial charge >= 0.3 is 0 Å². The fraction of sp³-hybridized carbons (Fsp3) is 0.750. The van der Waals surface area contributed by atoms with Gasteiger partial charge in [0, 0.05) is 12.8 Å². The van der Waals surface area contributed by atoms with Gasteiger partial charge in [-0.2, -0.15) is 10.5 Å². The number of unbranched alkanes of at least 4 members (excludes halogenated alkanes) is 1. The molecule has 2 heteroatoms. The van der Waals surface area contributed by atoms with E-state index < -0.39 is 0 Å². The van der Waals surface area contributed by atoms with Crippen LogP contribution in [0.4, 0.5) is 0 Å². The lowest BCUT2D eigenvalue weighted by atomic mass is 10.0. The minimum Gasteiger partial charge on any atom is -0.198 e. The molecule has 0 radical (unpaired) electrons. The van der Waals surface area contributed by atoms with Crippen LogP contribution in [0, 0.1) is 28.6 Å². The van der Waals surface area contributed by atoms with Crippen LogP contribution in [0.3, 0.4) is 0 Å². The highest BCUT2D eigenvalue weighted by molar-refractivity contribution is 4.75. The van der Waals surface area contributed by atoms with E-state index in [0.717, 1.165) is 12.8 Å². The second-order valence-corrected chi connectivity index (χ2v) is 2.52. The van der Waals surface area contributed by atoms with Crippen molar-refractivity contribution in [2.45, 2.75) is 32.6 Å². The maximum absolute atomic E-state index is 8.28. The van der Waals surface area contributed by atoms with E-state index in [1.807, 2.05) is 6.92 Å². The van der Waals surface area contributed by atoms with Gasteiger partial charge in [-0.3, -0.25) is 0 Å². The first-order chi connectivity index (χ1) is 4.81. The molecular formula is C8H12N2. The molecule has 0 aliphatic rings. The standard InChI is InChI=1S/C8H12N2/c1-8(5-7-10)4-2-3-6-9/h8H,2-5H2,1H3/t8-/m0/s1. The summed E-state index contributed by atoms with van der Waals surface area (Å²) in [7, 11) is 0. The van der Waals surface area contributed by atoms with E-state index in [9.17, 15) is 0 Å². The maximum atomic E-state index is 8.28. The van der Waals surface area contributed by atoms with Crippen molar-refractivity contribution in [2.75, 3.05) is 0 Å². The molecule has 0 aromatic rings. The van der Waals surface area contributed by atoms with E-state index in [0.29, 0.717) is 18.8 Å². The lowest BCUT2D eigenvalue weighted by Gasteiger charge is -2.02. The molecule has 0 saturated heterocycles. The summed E-state index contributed by atoms with van der Waals surface area (Å²) < 4.78 is 0. The summed E-state index contributed by atoms with van der Waals surface area (Å²) in [6, 6.07) is 4.19. The predicted octanol–water partition coefficient (Wildman–Crippen LogP) is 2.23. The van der Waals surface area contributed by atoms with Gasteiger partial charge in [0.2, 0.25) is 0 Å². The highest BCUT2D eigenvalue weighted by Crippen LogP contribution is 2.09. The van der Waals surface area contributed by atoms with Crippen LogP contribution in [0.25, 0.3) is 0 Å². The Balaban J connectivity index is 3.16. The van der Waals surface area contributed by atoms with Crippen molar-refractivity contribution in [1.82, 2.24) is 0 Å². The van der Waals surface area contributed by atoms with E-state index in [-0.39, 0.29) is 0 Å². The first-order valence-corrected chi connectivity index (χ1v) is 3.55. The molecule has 0 bridgehead atoms. The fourth-order valence-corrected chi connectivity index (χ4v) is 0.787. The SMILES string of the molecule is C[C@H](CC#N)CCCC#N. The zero-order valence-electron chi connectivity index (χ0n) is 6.30. The van der Waals surface area contributed by atoms with Crippen LogP contribution in [0.2, 0.25) is 0 Å². The zero-order chi connectivity index (χ0) is 7.82. The van der Waals surface area contributed by atoms with Gasteiger partial charge < -0.3 is 0 Å². The third kappa shape index (κ3) is 5.12. The van der Waals surface area contributed by atoms with Crippen molar-refractivity contribution >= 4 is 0 Å². The van der Waals surface area contributed by atoms with Crippen molar-refractivity contribution < 1.29 is 0 Å². The van der Waals surface area contributed by atoms with Crippen molar-refractivity contribution in [3.05, 3.63) is 0 Å². The molecule has 0 aliphatic heterocycles. The lowest BCUT2D eigenvalue weighted by Crippen LogP contribution is -1.91. The van der Waals surface area contributed by atoms with Gasteiger partial charge in [0.05, 0.1) is 12.1 Å². The van der Waals surface area contributed by atoms with Crippen molar-refractivity contribution in [1.29, 1.82) is 10.5 Å². The molecule has 0 aromatic carbocycles. The van der Waals surface area contributed by atoms with Crippen LogP contribution in [-0.4, -0.2) is 0 Å². The zero-order valence-corrected chi connectivity index (χ0v) is 6.30. The Labute approximate surface area is 62.1 Å². The van der Waals surface area contributed by atoms with Gasteiger partial charge in [-0.15, -0.1) is 0 Å². The Morgan fingerprint density at radius 2 is 2.00 bits per heavy atom. The van der Waals surface area contributed by atoms with E-state index in [4.69, 9.17) is 10.5 Å². The number of nitrogens with zero attached hydrogens (tertiary/aromatic N) is 2. The molecule has 1 atom stereocenters. The normalized spacial score (nSPS) is 11.5. The Morgan fingerprint density at radius 3 is 2.50 bits per heavy atom. The number of hydrogen-bond donors (Lipinski definition) is 0. The van der Waals surface area contributed by atoms with E-state index in [1.165, 1.54) is 0 Å². The Hall–Kier alpha value is -1.02. The summed E-state index contributed by atoms with van der Waals surface area (Å²) in [5.41, 5.74) is 0. The second-order valence-electron chi connectivity index (χ2n) is 2.52. The third-order valence-corrected chi connectivity index (χ3v) is 1.43. The molecule has 0 unspecified atom stereocenters. The lowest BCUT2D eigenvalue weighted by molar-refractivity contribution is 0.525. The Morgan fingerprint density at radius 1 is 1.30 bits per heavy atom. The summed E-state index contributed by atoms with van der Waals surface area (Å²) in [6.07, 6.45) is 3.17. The summed E-state index contributed by atoms with van der Waals surface area (Å²) in [5, 5.41) is 16.5. The fourth-order valence-electron chi connectivity index (χ4n) is 0.787. The Kier molecular flexibility index (Phi) is 5.48. The van der Waals surface area contributed by atoms with Crippen LogP contribution < -0.4 is 0 Å². The van der Waals surface area contributed by atoms with Crippen LogP contribution in [-0.2, 0) is 0 Å². The van der Waals surface area contributed by atoms with Crippen molar-refractivity contribution in [3.8, 4) is 12.1 Å². The average molecular weight is 136 g/mol. The minimum absolute atomic E-state index is 0.457. The third-order valence-electron chi connectivity index (χ3n) is 1.43. The minimum atomic E-state index is 0.457. The number of hydrogen-bond acceptors (Lipinski definition) is 2. The summed E-state index contributed by atoms with van der Waals surface area (Å²) >= 11 is 0. The first kappa shape index (κ1) is 8.98. The summed E-state index contributed by atoms with van der Waals surface area (Å²) in [4.78, 5) is 0. The molecule has 0 heterocycles. The molecule has 0 spiro atoms. The average Bonchev–Trinajstić information content (AvgIpc) is 1.89. The quantitative estimate of drug-likeness (QED) is 0.556. The summed E-state index contributed by atoms with van der Waals surface area (Å²) in [5.74, 6) is 0.457. The molecule has 0 aromatic heterocycles. The van der Waals surface area contributed by atoms with Gasteiger partial charge in [0.25, 0.3) is 0 Å². The molecule has 0 aliphatic carbocycles. The molecule has 0 fully saturated rings. The largest absolute Gasteiger partial charge is 0.198 e. The van der Waals surface area contributed by atoms with Crippen LogP contribution in [0.15, 0.2) is 0 Å². The molecule has 0 N–H and O–H groups in total. The summed E-state index contributed by atoms with van der Waals surface area (Å²) in [6.45, 7) is 2.04. The predicted molar refractivity (Wildman–Crippen MR) is 38.9 cm³/mol. The smallest absolute Gasteiger partial charge is 0.0624 e. The maximum Gasteiger partial charge on any atom is 0.0624 e. The van der Waals surface area contributed by atoms with Crippen molar-refractivity contribution in [2.24, 2.45) is 5.92 Å². The highest BCUT2D eigenvalue weighted by Gasteiger charge is 1.98. The Bertz CT molecular complexity index is 150. The molecule has 0 rings (SSSR count). The number of rotatable bonds is 4. The van der Waals surface area contributed by atoms with Gasteiger partial charge in [-0.05, 0) is 18.8 Å². The number of nitriles is 2. The second kappa shape index (κ2) is 6.11. The van der Waals surface area contributed by atoms with Gasteiger partial charge in [-0.25, -0.2) is 0 Å². The van der Waals surface area contributed by atoms with Gasteiger partial charge in [0.1, 0.15) is 0 Å². The van der Waals surface area contributed by atoms with Crippen molar-refractivity contribution in [3.63, 3.8) is 0 Å². The monoisotopic (exact) mass is 136 g/mol. The molecule has 2 nitrogen and oxygen atoms in total. The first-order valence-electron chi connectivity index (χ1n) is 3.55. The molecule has 10 heavy (non-hydrogen) atoms. The molecule has 0 saturated carbocycles. The van der Waals surface area contributed by atoms with E-state index in [1.54, 1.807) is 0 Å². The molecule has 0 amide bonds. The van der Waals surface area contributed by atoms with Gasteiger partial charge in [-0.1, -0.05) is 6.92 Å². The highest BCUT2D eigenvalue weighted by atomic mass is 14.2. The molecular weight excluding hydrogens is 124 g/mol.